The lowest BCUT2D eigenvalue weighted by Crippen LogP contribution is -2.36. The highest BCUT2D eigenvalue weighted by atomic mass is 19.1. The predicted octanol–water partition coefficient (Wildman–Crippen LogP) is 1.91. The number of rotatable bonds is 4. The van der Waals surface area contributed by atoms with Gasteiger partial charge in [-0.3, -0.25) is 4.79 Å². The van der Waals surface area contributed by atoms with Crippen LogP contribution in [0.15, 0.2) is 18.2 Å². The highest BCUT2D eigenvalue weighted by Crippen LogP contribution is 2.28. The summed E-state index contributed by atoms with van der Waals surface area (Å²) in [6.07, 6.45) is 3.06. The molecule has 104 valence electrons. The largest absolute Gasteiger partial charge is 0.507 e. The van der Waals surface area contributed by atoms with Crippen molar-refractivity contribution >= 4 is 5.91 Å². The van der Waals surface area contributed by atoms with Crippen LogP contribution in [-0.2, 0) is 0 Å². The monoisotopic (exact) mass is 267 g/mol. The molecule has 4 nitrogen and oxygen atoms in total. The molecule has 1 fully saturated rings. The number of likely N-dealkylation sites (tertiary alicyclic amines) is 1. The molecular weight excluding hydrogens is 249 g/mol. The van der Waals surface area contributed by atoms with Crippen LogP contribution in [0, 0.1) is 5.82 Å². The highest BCUT2D eigenvalue weighted by Gasteiger charge is 2.31. The van der Waals surface area contributed by atoms with E-state index in [0.29, 0.717) is 19.4 Å². The standard InChI is InChI=1S/C14H18FNO3/c15-11-6-1-7-12(18)13(11)14(19)16-8-2-4-10(16)5-3-9-17/h1,6-7,10,17-18H,2-5,8-9H2. The molecule has 2 rings (SSSR count). The van der Waals surface area contributed by atoms with Crippen LogP contribution in [0.25, 0.3) is 0 Å². The summed E-state index contributed by atoms with van der Waals surface area (Å²) in [5.41, 5.74) is -0.251. The molecule has 5 heteroatoms. The summed E-state index contributed by atoms with van der Waals surface area (Å²) in [5.74, 6) is -1.48. The van der Waals surface area contributed by atoms with Gasteiger partial charge in [-0.15, -0.1) is 0 Å². The summed E-state index contributed by atoms with van der Waals surface area (Å²) < 4.78 is 13.7. The van der Waals surface area contributed by atoms with E-state index in [1.807, 2.05) is 0 Å². The fourth-order valence-electron chi connectivity index (χ4n) is 2.60. The van der Waals surface area contributed by atoms with Crippen LogP contribution in [0.1, 0.15) is 36.0 Å². The van der Waals surface area contributed by atoms with Crippen LogP contribution in [-0.4, -0.2) is 40.2 Å². The second kappa shape index (κ2) is 6.02. The number of nitrogens with zero attached hydrogens (tertiary/aromatic N) is 1. The van der Waals surface area contributed by atoms with E-state index in [0.717, 1.165) is 12.8 Å². The minimum absolute atomic E-state index is 0.0265. The lowest BCUT2D eigenvalue weighted by atomic mass is 10.1. The van der Waals surface area contributed by atoms with Crippen molar-refractivity contribution in [2.24, 2.45) is 0 Å². The van der Waals surface area contributed by atoms with Crippen molar-refractivity contribution in [2.75, 3.05) is 13.2 Å². The lowest BCUT2D eigenvalue weighted by Gasteiger charge is -2.25. The average Bonchev–Trinajstić information content (AvgIpc) is 2.84. The molecule has 1 unspecified atom stereocenters. The number of hydrogen-bond donors (Lipinski definition) is 2. The van der Waals surface area contributed by atoms with E-state index in [-0.39, 0.29) is 24.0 Å². The number of aliphatic hydroxyl groups excluding tert-OH is 1. The van der Waals surface area contributed by atoms with Gasteiger partial charge in [0.1, 0.15) is 17.1 Å². The zero-order valence-corrected chi connectivity index (χ0v) is 10.7. The van der Waals surface area contributed by atoms with Gasteiger partial charge in [0.2, 0.25) is 0 Å². The summed E-state index contributed by atoms with van der Waals surface area (Å²) in [6.45, 7) is 0.659. The molecule has 0 spiro atoms. The van der Waals surface area contributed by atoms with Gasteiger partial charge in [0, 0.05) is 19.2 Å². The quantitative estimate of drug-likeness (QED) is 0.876. The maximum absolute atomic E-state index is 13.7. The van der Waals surface area contributed by atoms with E-state index in [4.69, 9.17) is 5.11 Å². The van der Waals surface area contributed by atoms with Gasteiger partial charge in [-0.2, -0.15) is 0 Å². The smallest absolute Gasteiger partial charge is 0.260 e. The third kappa shape index (κ3) is 2.87. The summed E-state index contributed by atoms with van der Waals surface area (Å²) in [7, 11) is 0. The number of carbonyl (C=O) groups is 1. The third-order valence-corrected chi connectivity index (χ3v) is 3.54. The maximum atomic E-state index is 13.7. The number of hydrogen-bond acceptors (Lipinski definition) is 3. The molecule has 1 aliphatic heterocycles. The van der Waals surface area contributed by atoms with Gasteiger partial charge in [-0.1, -0.05) is 6.07 Å². The van der Waals surface area contributed by atoms with Gasteiger partial charge < -0.3 is 15.1 Å². The fraction of sp³-hybridized carbons (Fsp3) is 0.500. The summed E-state index contributed by atoms with van der Waals surface area (Å²) in [5, 5.41) is 18.5. The van der Waals surface area contributed by atoms with Crippen molar-refractivity contribution in [3.63, 3.8) is 0 Å². The Morgan fingerprint density at radius 2 is 2.26 bits per heavy atom. The first-order valence-corrected chi connectivity index (χ1v) is 6.54. The Hall–Kier alpha value is -1.62. The first-order valence-electron chi connectivity index (χ1n) is 6.54. The van der Waals surface area contributed by atoms with Crippen LogP contribution in [0.2, 0.25) is 0 Å². The molecule has 0 saturated carbocycles. The molecule has 1 saturated heterocycles. The predicted molar refractivity (Wildman–Crippen MR) is 68.4 cm³/mol. The molecule has 0 radical (unpaired) electrons. The van der Waals surface area contributed by atoms with E-state index in [9.17, 15) is 14.3 Å². The number of phenolic OH excluding ortho intramolecular Hbond substituents is 1. The Balaban J connectivity index is 2.18. The molecular formula is C14H18FNO3. The fourth-order valence-corrected chi connectivity index (χ4v) is 2.60. The van der Waals surface area contributed by atoms with Gasteiger partial charge in [0.05, 0.1) is 0 Å². The Labute approximate surface area is 111 Å². The van der Waals surface area contributed by atoms with Crippen LogP contribution in [0.4, 0.5) is 4.39 Å². The average molecular weight is 267 g/mol. The Bertz CT molecular complexity index is 444. The van der Waals surface area contributed by atoms with Crippen LogP contribution in [0.3, 0.4) is 0 Å². The molecule has 1 aliphatic rings. The van der Waals surface area contributed by atoms with Crippen LogP contribution in [0.5, 0.6) is 5.75 Å². The van der Waals surface area contributed by atoms with Gasteiger partial charge in [-0.05, 0) is 37.8 Å². The number of aromatic hydroxyl groups is 1. The third-order valence-electron chi connectivity index (χ3n) is 3.54. The van der Waals surface area contributed by atoms with Crippen molar-refractivity contribution in [3.05, 3.63) is 29.6 Å². The zero-order valence-electron chi connectivity index (χ0n) is 10.7. The van der Waals surface area contributed by atoms with Crippen molar-refractivity contribution in [1.82, 2.24) is 4.90 Å². The Morgan fingerprint density at radius 1 is 1.47 bits per heavy atom. The zero-order chi connectivity index (χ0) is 13.8. The maximum Gasteiger partial charge on any atom is 0.260 e. The molecule has 1 amide bonds. The van der Waals surface area contributed by atoms with Crippen molar-refractivity contribution in [3.8, 4) is 5.75 Å². The molecule has 0 aromatic heterocycles. The van der Waals surface area contributed by atoms with E-state index in [1.54, 1.807) is 4.90 Å². The molecule has 0 bridgehead atoms. The van der Waals surface area contributed by atoms with Crippen molar-refractivity contribution in [1.29, 1.82) is 0 Å². The molecule has 1 heterocycles. The molecule has 1 aromatic carbocycles. The number of carbonyl (C=O) groups excluding carboxylic acids is 1. The number of aliphatic hydroxyl groups is 1. The summed E-state index contributed by atoms with van der Waals surface area (Å²) >= 11 is 0. The molecule has 0 aliphatic carbocycles. The Kier molecular flexibility index (Phi) is 4.37. The first-order chi connectivity index (χ1) is 9.15. The van der Waals surface area contributed by atoms with E-state index in [1.165, 1.54) is 18.2 Å². The minimum atomic E-state index is -0.696. The topological polar surface area (TPSA) is 60.8 Å². The molecule has 2 N–H and O–H groups in total. The van der Waals surface area contributed by atoms with Gasteiger partial charge in [0.15, 0.2) is 0 Å². The summed E-state index contributed by atoms with van der Waals surface area (Å²) in [6, 6.07) is 3.88. The van der Waals surface area contributed by atoms with Crippen LogP contribution < -0.4 is 0 Å². The highest BCUT2D eigenvalue weighted by molar-refractivity contribution is 5.97. The second-order valence-corrected chi connectivity index (χ2v) is 4.79. The molecule has 1 atom stereocenters. The SMILES string of the molecule is O=C(c1c(O)cccc1F)N1CCCC1CCCO. The van der Waals surface area contributed by atoms with Gasteiger partial charge in [-0.25, -0.2) is 4.39 Å². The van der Waals surface area contributed by atoms with Gasteiger partial charge in [0.25, 0.3) is 5.91 Å². The van der Waals surface area contributed by atoms with Crippen molar-refractivity contribution in [2.45, 2.75) is 31.7 Å². The van der Waals surface area contributed by atoms with Crippen molar-refractivity contribution < 1.29 is 19.4 Å². The van der Waals surface area contributed by atoms with E-state index < -0.39 is 11.7 Å². The number of phenols is 1. The second-order valence-electron chi connectivity index (χ2n) is 4.79. The lowest BCUT2D eigenvalue weighted by molar-refractivity contribution is 0.0716. The minimum Gasteiger partial charge on any atom is -0.507 e. The van der Waals surface area contributed by atoms with Gasteiger partial charge >= 0.3 is 0 Å². The first kappa shape index (κ1) is 13.8. The Morgan fingerprint density at radius 3 is 2.95 bits per heavy atom. The normalized spacial score (nSPS) is 18.8. The number of amides is 1. The van der Waals surface area contributed by atoms with E-state index >= 15 is 0 Å². The van der Waals surface area contributed by atoms with E-state index in [2.05, 4.69) is 0 Å². The number of benzene rings is 1. The molecule has 19 heavy (non-hydrogen) atoms. The summed E-state index contributed by atoms with van der Waals surface area (Å²) in [4.78, 5) is 13.9. The molecule has 1 aromatic rings. The van der Waals surface area contributed by atoms with Crippen LogP contribution >= 0.6 is 0 Å². The number of halogens is 1.